The molecule has 0 bridgehead atoms. The molecule has 0 saturated carbocycles. The Kier molecular flexibility index (Phi) is 2.97. The Morgan fingerprint density at radius 2 is 1.58 bits per heavy atom. The van der Waals surface area contributed by atoms with Gasteiger partial charge >= 0.3 is 0 Å². The largest absolute Gasteiger partial charge is 0.740 e. The third-order valence-corrected chi connectivity index (χ3v) is 3.01. The van der Waals surface area contributed by atoms with Crippen LogP contribution in [0.3, 0.4) is 0 Å². The molecular formula is C14H9FN3S-. The zero-order valence-corrected chi connectivity index (χ0v) is 10.6. The van der Waals surface area contributed by atoms with Gasteiger partial charge in [-0.25, -0.2) is 4.39 Å². The fourth-order valence-electron chi connectivity index (χ4n) is 1.87. The highest BCUT2D eigenvalue weighted by Crippen LogP contribution is 2.22. The third-order valence-electron chi connectivity index (χ3n) is 2.75. The van der Waals surface area contributed by atoms with Crippen LogP contribution in [0.15, 0.2) is 59.8 Å². The smallest absolute Gasteiger partial charge is 0.167 e. The average Bonchev–Trinajstić information content (AvgIpc) is 2.82. The third kappa shape index (κ3) is 2.20. The lowest BCUT2D eigenvalue weighted by Gasteiger charge is -2.12. The Morgan fingerprint density at radius 3 is 2.26 bits per heavy atom. The summed E-state index contributed by atoms with van der Waals surface area (Å²) in [5, 5.41) is 8.38. The Balaban J connectivity index is 2.16. The summed E-state index contributed by atoms with van der Waals surface area (Å²) in [5.41, 5.74) is 1.66. The molecule has 0 radical (unpaired) electrons. The van der Waals surface area contributed by atoms with Gasteiger partial charge in [0.25, 0.3) is 0 Å². The van der Waals surface area contributed by atoms with Crippen molar-refractivity contribution in [1.29, 1.82) is 0 Å². The van der Waals surface area contributed by atoms with Crippen LogP contribution < -0.4 is 0 Å². The summed E-state index contributed by atoms with van der Waals surface area (Å²) in [6.07, 6.45) is 0. The number of hydrogen-bond donors (Lipinski definition) is 0. The van der Waals surface area contributed by atoms with Crippen molar-refractivity contribution < 1.29 is 4.39 Å². The quantitative estimate of drug-likeness (QED) is 0.671. The predicted octanol–water partition coefficient (Wildman–Crippen LogP) is 2.98. The van der Waals surface area contributed by atoms with Crippen LogP contribution in [0.25, 0.3) is 17.1 Å². The number of para-hydroxylation sites is 1. The highest BCUT2D eigenvalue weighted by atomic mass is 32.1. The maximum atomic E-state index is 13.0. The van der Waals surface area contributed by atoms with Gasteiger partial charge in [0.2, 0.25) is 0 Å². The van der Waals surface area contributed by atoms with Gasteiger partial charge in [-0.15, -0.1) is 5.10 Å². The molecule has 0 saturated heterocycles. The topological polar surface area (TPSA) is 30.7 Å². The van der Waals surface area contributed by atoms with Crippen LogP contribution in [0.2, 0.25) is 0 Å². The molecular weight excluding hydrogens is 261 g/mol. The van der Waals surface area contributed by atoms with E-state index in [1.807, 2.05) is 30.3 Å². The summed E-state index contributed by atoms with van der Waals surface area (Å²) in [5.74, 6) is 0.323. The first-order valence-corrected chi connectivity index (χ1v) is 6.10. The zero-order chi connectivity index (χ0) is 13.2. The molecule has 0 aliphatic carbocycles. The maximum absolute atomic E-state index is 13.0. The van der Waals surface area contributed by atoms with Gasteiger partial charge in [-0.3, -0.25) is 4.57 Å². The van der Waals surface area contributed by atoms with Crippen LogP contribution in [0.1, 0.15) is 0 Å². The van der Waals surface area contributed by atoms with Crippen LogP contribution in [0, 0.1) is 5.82 Å². The van der Waals surface area contributed by atoms with E-state index in [1.54, 1.807) is 16.7 Å². The Morgan fingerprint density at radius 1 is 0.895 bits per heavy atom. The minimum absolute atomic E-state index is 0.284. The summed E-state index contributed by atoms with van der Waals surface area (Å²) in [6.45, 7) is 0. The molecule has 3 nitrogen and oxygen atoms in total. The molecule has 19 heavy (non-hydrogen) atoms. The number of benzene rings is 2. The van der Waals surface area contributed by atoms with Gasteiger partial charge in [-0.2, -0.15) is 5.10 Å². The Hall–Kier alpha value is -2.27. The molecule has 0 aliphatic heterocycles. The number of rotatable bonds is 2. The molecule has 0 N–H and O–H groups in total. The van der Waals surface area contributed by atoms with E-state index in [0.29, 0.717) is 11.0 Å². The number of aromatic nitrogens is 3. The monoisotopic (exact) mass is 270 g/mol. The lowest BCUT2D eigenvalue weighted by atomic mass is 10.2. The van der Waals surface area contributed by atoms with E-state index in [9.17, 15) is 4.39 Å². The van der Waals surface area contributed by atoms with Crippen molar-refractivity contribution in [1.82, 2.24) is 14.8 Å². The first-order valence-electron chi connectivity index (χ1n) is 5.69. The summed E-state index contributed by atoms with van der Waals surface area (Å²) in [7, 11) is 0. The molecule has 0 spiro atoms. The first kappa shape index (κ1) is 11.8. The van der Waals surface area contributed by atoms with Gasteiger partial charge in [-0.05, 0) is 36.4 Å². The van der Waals surface area contributed by atoms with Crippen molar-refractivity contribution in [3.63, 3.8) is 0 Å². The van der Waals surface area contributed by atoms with Crippen molar-refractivity contribution in [3.05, 3.63) is 60.4 Å². The lowest BCUT2D eigenvalue weighted by Crippen LogP contribution is -1.99. The Labute approximate surface area is 115 Å². The molecule has 3 rings (SSSR count). The summed E-state index contributed by atoms with van der Waals surface area (Å²) < 4.78 is 14.7. The molecule has 0 atom stereocenters. The van der Waals surface area contributed by atoms with Crippen LogP contribution in [0.4, 0.5) is 4.39 Å². The van der Waals surface area contributed by atoms with Crippen LogP contribution in [-0.4, -0.2) is 14.8 Å². The molecule has 5 heteroatoms. The molecule has 0 amide bonds. The zero-order valence-electron chi connectivity index (χ0n) is 9.82. The normalized spacial score (nSPS) is 10.6. The van der Waals surface area contributed by atoms with E-state index in [1.165, 1.54) is 12.1 Å². The van der Waals surface area contributed by atoms with Crippen LogP contribution in [-0.2, 0) is 12.6 Å². The molecule has 1 heterocycles. The van der Waals surface area contributed by atoms with Crippen molar-refractivity contribution in [2.24, 2.45) is 0 Å². The lowest BCUT2D eigenvalue weighted by molar-refractivity contribution is 0.628. The summed E-state index contributed by atoms with van der Waals surface area (Å²) in [6, 6.07) is 15.7. The summed E-state index contributed by atoms with van der Waals surface area (Å²) in [4.78, 5) is 0. The van der Waals surface area contributed by atoms with Gasteiger partial charge in [-0.1, -0.05) is 18.2 Å². The fraction of sp³-hybridized carbons (Fsp3) is 0. The minimum atomic E-state index is -0.284. The fourth-order valence-corrected chi connectivity index (χ4v) is 2.10. The van der Waals surface area contributed by atoms with E-state index in [4.69, 9.17) is 12.6 Å². The van der Waals surface area contributed by atoms with Crippen molar-refractivity contribution >= 4 is 12.6 Å². The second-order valence-corrected chi connectivity index (χ2v) is 4.35. The SMILES string of the molecule is Fc1ccc(-c2nnc([S-])n2-c2ccccc2)cc1. The van der Waals surface area contributed by atoms with Crippen LogP contribution >= 0.6 is 0 Å². The van der Waals surface area contributed by atoms with Crippen molar-refractivity contribution in [2.75, 3.05) is 0 Å². The predicted molar refractivity (Wildman–Crippen MR) is 72.4 cm³/mol. The number of nitrogens with zero attached hydrogens (tertiary/aromatic N) is 3. The molecule has 94 valence electrons. The van der Waals surface area contributed by atoms with Gasteiger partial charge < -0.3 is 12.6 Å². The molecule has 2 aromatic carbocycles. The average molecular weight is 270 g/mol. The van der Waals surface area contributed by atoms with E-state index in [-0.39, 0.29) is 5.82 Å². The second-order valence-electron chi connectivity index (χ2n) is 3.98. The Bertz CT molecular complexity index is 692. The molecule has 0 fully saturated rings. The number of hydrogen-bond acceptors (Lipinski definition) is 3. The second kappa shape index (κ2) is 4.78. The van der Waals surface area contributed by atoms with Crippen LogP contribution in [0.5, 0.6) is 0 Å². The van der Waals surface area contributed by atoms with Gasteiger partial charge in [0.05, 0.1) is 0 Å². The van der Waals surface area contributed by atoms with E-state index in [0.717, 1.165) is 11.3 Å². The van der Waals surface area contributed by atoms with Crippen molar-refractivity contribution in [3.8, 4) is 17.1 Å². The summed E-state index contributed by atoms with van der Waals surface area (Å²) >= 11 is 5.20. The van der Waals surface area contributed by atoms with Gasteiger partial charge in [0, 0.05) is 16.4 Å². The first-order chi connectivity index (χ1) is 9.25. The maximum Gasteiger partial charge on any atom is 0.167 e. The number of halogens is 1. The van der Waals surface area contributed by atoms with Gasteiger partial charge in [0.1, 0.15) is 5.82 Å². The van der Waals surface area contributed by atoms with Crippen molar-refractivity contribution in [2.45, 2.75) is 5.16 Å². The highest BCUT2D eigenvalue weighted by molar-refractivity contribution is 7.58. The molecule has 0 aliphatic rings. The van der Waals surface area contributed by atoms with Gasteiger partial charge in [0.15, 0.2) is 5.82 Å². The van der Waals surface area contributed by atoms with E-state index < -0.39 is 0 Å². The standard InChI is InChI=1S/C14H10FN3S/c15-11-8-6-10(7-9-11)13-16-17-14(19)18(13)12-4-2-1-3-5-12/h1-9H,(H,17,19)/p-1. The molecule has 1 aromatic heterocycles. The van der Waals surface area contributed by atoms with E-state index >= 15 is 0 Å². The molecule has 0 unspecified atom stereocenters. The minimum Gasteiger partial charge on any atom is -0.740 e. The highest BCUT2D eigenvalue weighted by Gasteiger charge is 2.09. The van der Waals surface area contributed by atoms with E-state index in [2.05, 4.69) is 10.2 Å². The molecule has 3 aromatic rings.